The van der Waals surface area contributed by atoms with E-state index < -0.39 is 0 Å². The number of hydrogen-bond donors (Lipinski definition) is 1. The van der Waals surface area contributed by atoms with Gasteiger partial charge in [0.1, 0.15) is 0 Å². The summed E-state index contributed by atoms with van der Waals surface area (Å²) in [5, 5.41) is 7.23. The first-order chi connectivity index (χ1) is 9.11. The largest absolute Gasteiger partial charge is 0.481 e. The number of halogens is 1. The van der Waals surface area contributed by atoms with E-state index in [0.717, 1.165) is 12.8 Å². The molecule has 6 heteroatoms. The number of nitrogens with zero attached hydrogens (tertiary/aromatic N) is 2. The first kappa shape index (κ1) is 14.4. The van der Waals surface area contributed by atoms with Crippen molar-refractivity contribution in [2.75, 3.05) is 7.11 Å². The fourth-order valence-electron chi connectivity index (χ4n) is 2.42. The molecule has 0 aromatic carbocycles. The zero-order valence-corrected chi connectivity index (χ0v) is 12.9. The Labute approximate surface area is 121 Å². The third kappa shape index (κ3) is 3.49. The van der Waals surface area contributed by atoms with E-state index in [9.17, 15) is 4.79 Å². The van der Waals surface area contributed by atoms with E-state index in [0.29, 0.717) is 16.4 Å². The van der Waals surface area contributed by atoms with Gasteiger partial charge in [0.05, 0.1) is 7.11 Å². The Morgan fingerprint density at radius 1 is 1.47 bits per heavy atom. The Hall–Kier alpha value is -1.04. The Bertz CT molecular complexity index is 447. The van der Waals surface area contributed by atoms with Crippen molar-refractivity contribution in [3.63, 3.8) is 0 Å². The molecule has 0 aliphatic heterocycles. The van der Waals surface area contributed by atoms with Crippen LogP contribution in [0.4, 0.5) is 0 Å². The first-order valence-corrected chi connectivity index (χ1v) is 7.56. The van der Waals surface area contributed by atoms with Crippen LogP contribution in [0.2, 0.25) is 0 Å². The summed E-state index contributed by atoms with van der Waals surface area (Å²) < 4.78 is 6.68. The third-order valence-corrected chi connectivity index (χ3v) is 4.62. The number of aromatic nitrogens is 2. The van der Waals surface area contributed by atoms with Crippen molar-refractivity contribution in [2.45, 2.75) is 43.0 Å². The number of aryl methyl sites for hydroxylation is 1. The van der Waals surface area contributed by atoms with Crippen LogP contribution in [-0.2, 0) is 7.05 Å². The number of carbonyl (C=O) groups excluding carboxylic acids is 1. The van der Waals surface area contributed by atoms with Crippen molar-refractivity contribution in [2.24, 2.45) is 7.05 Å². The molecule has 1 fully saturated rings. The highest BCUT2D eigenvalue weighted by Crippen LogP contribution is 2.24. The molecule has 1 aromatic rings. The van der Waals surface area contributed by atoms with Gasteiger partial charge in [-0.1, -0.05) is 35.2 Å². The summed E-state index contributed by atoms with van der Waals surface area (Å²) in [6.07, 6.45) is 5.76. The maximum absolute atomic E-state index is 12.2. The Morgan fingerprint density at radius 2 is 2.21 bits per heavy atom. The van der Waals surface area contributed by atoms with Gasteiger partial charge >= 0.3 is 0 Å². The van der Waals surface area contributed by atoms with Crippen LogP contribution in [0.25, 0.3) is 0 Å². The van der Waals surface area contributed by atoms with Crippen LogP contribution in [-0.4, -0.2) is 33.7 Å². The molecule has 2 unspecified atom stereocenters. The number of carbonyl (C=O) groups is 1. The highest BCUT2D eigenvalue weighted by atomic mass is 79.9. The molecule has 1 saturated carbocycles. The molecule has 2 atom stereocenters. The Balaban J connectivity index is 2.02. The summed E-state index contributed by atoms with van der Waals surface area (Å²) >= 11 is 3.67. The highest BCUT2D eigenvalue weighted by molar-refractivity contribution is 9.09. The average molecular weight is 330 g/mol. The van der Waals surface area contributed by atoms with E-state index in [-0.39, 0.29) is 11.9 Å². The molecule has 1 aromatic heterocycles. The molecular formula is C13H20BrN3O2. The van der Waals surface area contributed by atoms with Crippen molar-refractivity contribution in [3.05, 3.63) is 11.8 Å². The molecule has 106 valence electrons. The van der Waals surface area contributed by atoms with E-state index >= 15 is 0 Å². The van der Waals surface area contributed by atoms with Gasteiger partial charge in [0.2, 0.25) is 5.88 Å². The Kier molecular flexibility index (Phi) is 4.85. The summed E-state index contributed by atoms with van der Waals surface area (Å²) in [4.78, 5) is 12.5. The van der Waals surface area contributed by atoms with Crippen molar-refractivity contribution in [1.29, 1.82) is 0 Å². The minimum Gasteiger partial charge on any atom is -0.481 e. The average Bonchev–Trinajstić information content (AvgIpc) is 2.66. The molecule has 5 nitrogen and oxygen atoms in total. The van der Waals surface area contributed by atoms with Crippen LogP contribution in [0.3, 0.4) is 0 Å². The van der Waals surface area contributed by atoms with E-state index in [1.165, 1.54) is 19.3 Å². The van der Waals surface area contributed by atoms with E-state index in [4.69, 9.17) is 4.74 Å². The number of rotatable bonds is 3. The van der Waals surface area contributed by atoms with Gasteiger partial charge in [-0.05, 0) is 12.8 Å². The summed E-state index contributed by atoms with van der Waals surface area (Å²) in [6.45, 7) is 0. The molecule has 0 spiro atoms. The van der Waals surface area contributed by atoms with Gasteiger partial charge in [-0.15, -0.1) is 0 Å². The maximum atomic E-state index is 12.2. The zero-order chi connectivity index (χ0) is 13.8. The van der Waals surface area contributed by atoms with Gasteiger partial charge in [0.15, 0.2) is 5.69 Å². The topological polar surface area (TPSA) is 56.1 Å². The number of alkyl halides is 1. The van der Waals surface area contributed by atoms with Crippen molar-refractivity contribution >= 4 is 21.8 Å². The molecule has 19 heavy (non-hydrogen) atoms. The van der Waals surface area contributed by atoms with Gasteiger partial charge in [-0.2, -0.15) is 5.10 Å². The smallest absolute Gasteiger partial charge is 0.272 e. The lowest BCUT2D eigenvalue weighted by Crippen LogP contribution is -2.40. The second-order valence-electron chi connectivity index (χ2n) is 4.93. The minimum absolute atomic E-state index is 0.129. The lowest BCUT2D eigenvalue weighted by Gasteiger charge is -2.20. The van der Waals surface area contributed by atoms with Crippen LogP contribution >= 0.6 is 15.9 Å². The number of methoxy groups -OCH3 is 1. The van der Waals surface area contributed by atoms with Crippen LogP contribution in [0, 0.1) is 0 Å². The fourth-order valence-corrected chi connectivity index (χ4v) is 3.14. The second kappa shape index (κ2) is 6.41. The molecular weight excluding hydrogens is 310 g/mol. The normalized spacial score (nSPS) is 23.7. The lowest BCUT2D eigenvalue weighted by atomic mass is 10.1. The monoisotopic (exact) mass is 329 g/mol. The van der Waals surface area contributed by atoms with Crippen molar-refractivity contribution in [1.82, 2.24) is 15.1 Å². The summed E-state index contributed by atoms with van der Waals surface area (Å²) in [5.74, 6) is 0.455. The quantitative estimate of drug-likeness (QED) is 0.683. The molecule has 0 saturated heterocycles. The fraction of sp³-hybridized carbons (Fsp3) is 0.692. The van der Waals surface area contributed by atoms with Crippen LogP contribution < -0.4 is 10.1 Å². The van der Waals surface area contributed by atoms with E-state index in [1.54, 1.807) is 24.9 Å². The zero-order valence-electron chi connectivity index (χ0n) is 11.4. The molecule has 0 bridgehead atoms. The molecule has 1 aliphatic carbocycles. The SMILES string of the molecule is COc1cc(C(=O)NC2CCCCCC2Br)nn1C. The maximum Gasteiger partial charge on any atom is 0.272 e. The van der Waals surface area contributed by atoms with Gasteiger partial charge < -0.3 is 10.1 Å². The summed E-state index contributed by atoms with van der Waals surface area (Å²) in [7, 11) is 3.33. The molecule has 1 N–H and O–H groups in total. The molecule has 2 rings (SSSR count). The van der Waals surface area contributed by atoms with Gasteiger partial charge in [-0.3, -0.25) is 4.79 Å². The predicted molar refractivity (Wildman–Crippen MR) is 76.8 cm³/mol. The highest BCUT2D eigenvalue weighted by Gasteiger charge is 2.24. The van der Waals surface area contributed by atoms with E-state index in [2.05, 4.69) is 26.3 Å². The van der Waals surface area contributed by atoms with Gasteiger partial charge in [-0.25, -0.2) is 4.68 Å². The lowest BCUT2D eigenvalue weighted by molar-refractivity contribution is 0.0929. The minimum atomic E-state index is -0.129. The molecule has 1 aliphatic rings. The van der Waals surface area contributed by atoms with Gasteiger partial charge in [0, 0.05) is 24.0 Å². The van der Waals surface area contributed by atoms with Crippen LogP contribution in [0.1, 0.15) is 42.6 Å². The number of amides is 1. The predicted octanol–water partition coefficient (Wildman–Crippen LogP) is 2.25. The number of hydrogen-bond acceptors (Lipinski definition) is 3. The summed E-state index contributed by atoms with van der Waals surface area (Å²) in [5.41, 5.74) is 0.406. The van der Waals surface area contributed by atoms with Crippen LogP contribution in [0.15, 0.2) is 6.07 Å². The molecule has 0 radical (unpaired) electrons. The summed E-state index contributed by atoms with van der Waals surface area (Å²) in [6, 6.07) is 1.85. The third-order valence-electron chi connectivity index (χ3n) is 3.53. The van der Waals surface area contributed by atoms with Crippen LogP contribution in [0.5, 0.6) is 5.88 Å². The van der Waals surface area contributed by atoms with Crippen molar-refractivity contribution in [3.8, 4) is 5.88 Å². The number of ether oxygens (including phenoxy) is 1. The molecule has 1 heterocycles. The Morgan fingerprint density at radius 3 is 2.89 bits per heavy atom. The van der Waals surface area contributed by atoms with Gasteiger partial charge in [0.25, 0.3) is 5.91 Å². The number of nitrogens with one attached hydrogen (secondary N) is 1. The first-order valence-electron chi connectivity index (χ1n) is 6.64. The van der Waals surface area contributed by atoms with E-state index in [1.807, 2.05) is 0 Å². The second-order valence-corrected chi connectivity index (χ2v) is 6.11. The van der Waals surface area contributed by atoms with Crippen molar-refractivity contribution < 1.29 is 9.53 Å². The molecule has 1 amide bonds. The standard InChI is InChI=1S/C13H20BrN3O2/c1-17-12(19-2)8-11(16-17)13(18)15-10-7-5-3-4-6-9(10)14/h8-10H,3-7H2,1-2H3,(H,15,18).